The van der Waals surface area contributed by atoms with Gasteiger partial charge in [0.15, 0.2) is 0 Å². The van der Waals surface area contributed by atoms with Crippen LogP contribution in [0.4, 0.5) is 0 Å². The fourth-order valence-corrected chi connectivity index (χ4v) is 3.64. The maximum atomic E-state index is 4.19. The third-order valence-electron chi connectivity index (χ3n) is 3.34. The minimum absolute atomic E-state index is 0.477. The van der Waals surface area contributed by atoms with Crippen LogP contribution in [0.15, 0.2) is 18.5 Å². The molecule has 1 aromatic heterocycles. The lowest BCUT2D eigenvalue weighted by Gasteiger charge is -2.35. The predicted octanol–water partition coefficient (Wildman–Crippen LogP) is 3.01. The van der Waals surface area contributed by atoms with Crippen LogP contribution in [0.25, 0.3) is 0 Å². The minimum atomic E-state index is 0.477. The summed E-state index contributed by atoms with van der Waals surface area (Å²) in [6.45, 7) is 7.82. The van der Waals surface area contributed by atoms with Crippen LogP contribution in [0.5, 0.6) is 0 Å². The van der Waals surface area contributed by atoms with E-state index in [1.165, 1.54) is 29.1 Å². The summed E-state index contributed by atoms with van der Waals surface area (Å²) in [5, 5.41) is 3.67. The Morgan fingerprint density at radius 2 is 2.35 bits per heavy atom. The van der Waals surface area contributed by atoms with Crippen molar-refractivity contribution < 1.29 is 0 Å². The zero-order valence-corrected chi connectivity index (χ0v) is 11.8. The van der Waals surface area contributed by atoms with Gasteiger partial charge in [0.05, 0.1) is 0 Å². The first-order chi connectivity index (χ1) is 8.07. The van der Waals surface area contributed by atoms with Crippen LogP contribution in [0.2, 0.25) is 0 Å². The lowest BCUT2D eigenvalue weighted by atomic mass is 9.88. The molecule has 1 atom stereocenters. The molecule has 0 aromatic carbocycles. The highest BCUT2D eigenvalue weighted by Crippen LogP contribution is 2.33. The normalized spacial score (nSPS) is 23.6. The van der Waals surface area contributed by atoms with Crippen LogP contribution in [0.1, 0.15) is 31.4 Å². The standard InChI is InChI=1S/C14H22N2S/c1-11-4-5-15-7-12(11)8-16-13-6-14(2,3)10-17-9-13/h4-5,7,13,16H,6,8-10H2,1-3H3. The smallest absolute Gasteiger partial charge is 0.0315 e. The first kappa shape index (κ1) is 12.9. The van der Waals surface area contributed by atoms with E-state index in [1.54, 1.807) is 0 Å². The van der Waals surface area contributed by atoms with Crippen LogP contribution in [-0.2, 0) is 6.54 Å². The van der Waals surface area contributed by atoms with Crippen LogP contribution in [0, 0.1) is 12.3 Å². The van der Waals surface area contributed by atoms with Crippen molar-refractivity contribution >= 4 is 11.8 Å². The molecule has 17 heavy (non-hydrogen) atoms. The van der Waals surface area contributed by atoms with Crippen LogP contribution in [-0.4, -0.2) is 22.5 Å². The Balaban J connectivity index is 1.88. The van der Waals surface area contributed by atoms with Crippen molar-refractivity contribution in [3.63, 3.8) is 0 Å². The van der Waals surface area contributed by atoms with Crippen LogP contribution < -0.4 is 5.32 Å². The molecule has 1 unspecified atom stereocenters. The molecule has 3 heteroatoms. The number of nitrogens with zero attached hydrogens (tertiary/aromatic N) is 1. The molecule has 1 aromatic rings. The maximum absolute atomic E-state index is 4.19. The van der Waals surface area contributed by atoms with Crippen molar-refractivity contribution in [2.75, 3.05) is 11.5 Å². The van der Waals surface area contributed by atoms with Gasteiger partial charge in [-0.25, -0.2) is 0 Å². The van der Waals surface area contributed by atoms with Gasteiger partial charge in [-0.05, 0) is 41.7 Å². The number of nitrogens with one attached hydrogen (secondary N) is 1. The molecule has 2 nitrogen and oxygen atoms in total. The topological polar surface area (TPSA) is 24.9 Å². The molecule has 0 bridgehead atoms. The van der Waals surface area contributed by atoms with E-state index >= 15 is 0 Å². The quantitative estimate of drug-likeness (QED) is 0.892. The first-order valence-electron chi connectivity index (χ1n) is 6.27. The molecule has 94 valence electrons. The molecule has 1 aliphatic heterocycles. The largest absolute Gasteiger partial charge is 0.309 e. The van der Waals surface area contributed by atoms with Crippen molar-refractivity contribution in [1.82, 2.24) is 10.3 Å². The highest BCUT2D eigenvalue weighted by Gasteiger charge is 2.27. The van der Waals surface area contributed by atoms with Gasteiger partial charge in [0.1, 0.15) is 0 Å². The molecule has 1 fully saturated rings. The number of rotatable bonds is 3. The minimum Gasteiger partial charge on any atom is -0.309 e. The summed E-state index contributed by atoms with van der Waals surface area (Å²) in [5.74, 6) is 2.53. The fraction of sp³-hybridized carbons (Fsp3) is 0.643. The second-order valence-electron chi connectivity index (χ2n) is 5.76. The highest BCUT2D eigenvalue weighted by molar-refractivity contribution is 7.99. The lowest BCUT2D eigenvalue weighted by Crippen LogP contribution is -2.40. The fourth-order valence-electron chi connectivity index (χ4n) is 2.33. The summed E-state index contributed by atoms with van der Waals surface area (Å²) in [4.78, 5) is 4.19. The van der Waals surface area contributed by atoms with E-state index in [2.05, 4.69) is 48.9 Å². The average Bonchev–Trinajstić information content (AvgIpc) is 2.27. The molecular weight excluding hydrogens is 228 g/mol. The average molecular weight is 250 g/mol. The van der Waals surface area contributed by atoms with Gasteiger partial charge in [-0.1, -0.05) is 13.8 Å². The molecule has 0 spiro atoms. The van der Waals surface area contributed by atoms with E-state index in [1.807, 2.05) is 12.4 Å². The Labute approximate surface area is 109 Å². The molecule has 0 radical (unpaired) electrons. The van der Waals surface area contributed by atoms with E-state index in [4.69, 9.17) is 0 Å². The summed E-state index contributed by atoms with van der Waals surface area (Å²) in [6, 6.07) is 2.72. The van der Waals surface area contributed by atoms with E-state index in [9.17, 15) is 0 Å². The summed E-state index contributed by atoms with van der Waals surface area (Å²) in [6.07, 6.45) is 5.11. The van der Waals surface area contributed by atoms with Crippen molar-refractivity contribution in [3.05, 3.63) is 29.6 Å². The van der Waals surface area contributed by atoms with E-state index in [0.717, 1.165) is 6.54 Å². The zero-order chi connectivity index (χ0) is 12.3. The van der Waals surface area contributed by atoms with Gasteiger partial charge < -0.3 is 5.32 Å². The molecule has 0 amide bonds. The van der Waals surface area contributed by atoms with Crippen molar-refractivity contribution in [2.24, 2.45) is 5.41 Å². The summed E-state index contributed by atoms with van der Waals surface area (Å²) < 4.78 is 0. The van der Waals surface area contributed by atoms with Gasteiger partial charge in [-0.3, -0.25) is 4.98 Å². The van der Waals surface area contributed by atoms with Crippen molar-refractivity contribution in [2.45, 2.75) is 39.8 Å². The monoisotopic (exact) mass is 250 g/mol. The molecule has 1 saturated heterocycles. The number of thioether (sulfide) groups is 1. The lowest BCUT2D eigenvalue weighted by molar-refractivity contribution is 0.317. The Morgan fingerprint density at radius 3 is 3.06 bits per heavy atom. The van der Waals surface area contributed by atoms with Crippen molar-refractivity contribution in [3.8, 4) is 0 Å². The molecule has 1 aliphatic rings. The van der Waals surface area contributed by atoms with Gasteiger partial charge >= 0.3 is 0 Å². The van der Waals surface area contributed by atoms with Crippen LogP contribution >= 0.6 is 11.8 Å². The zero-order valence-electron chi connectivity index (χ0n) is 11.0. The SMILES string of the molecule is Cc1ccncc1CNC1CSCC(C)(C)C1. The Kier molecular flexibility index (Phi) is 4.10. The van der Waals surface area contributed by atoms with Gasteiger partial charge in [-0.2, -0.15) is 11.8 Å². The Bertz CT molecular complexity index is 376. The highest BCUT2D eigenvalue weighted by atomic mass is 32.2. The number of hydrogen-bond acceptors (Lipinski definition) is 3. The Hall–Kier alpha value is -0.540. The van der Waals surface area contributed by atoms with Gasteiger partial charge in [0.25, 0.3) is 0 Å². The van der Waals surface area contributed by atoms with E-state index in [-0.39, 0.29) is 0 Å². The number of pyridine rings is 1. The Morgan fingerprint density at radius 1 is 1.53 bits per heavy atom. The molecule has 0 saturated carbocycles. The van der Waals surface area contributed by atoms with E-state index in [0.29, 0.717) is 11.5 Å². The van der Waals surface area contributed by atoms with Crippen molar-refractivity contribution in [1.29, 1.82) is 0 Å². The summed E-state index contributed by atoms with van der Waals surface area (Å²) in [7, 11) is 0. The molecule has 2 rings (SSSR count). The molecular formula is C14H22N2S. The third-order valence-corrected chi connectivity index (χ3v) is 4.96. The third kappa shape index (κ3) is 3.71. The van der Waals surface area contributed by atoms with Crippen LogP contribution in [0.3, 0.4) is 0 Å². The number of aryl methyl sites for hydroxylation is 1. The molecule has 0 aliphatic carbocycles. The second kappa shape index (κ2) is 5.40. The predicted molar refractivity (Wildman–Crippen MR) is 75.3 cm³/mol. The van der Waals surface area contributed by atoms with Gasteiger partial charge in [0.2, 0.25) is 0 Å². The van der Waals surface area contributed by atoms with Gasteiger partial charge in [0, 0.05) is 30.7 Å². The summed E-state index contributed by atoms with van der Waals surface area (Å²) in [5.41, 5.74) is 3.13. The molecule has 1 N–H and O–H groups in total. The number of hydrogen-bond donors (Lipinski definition) is 1. The molecule has 2 heterocycles. The second-order valence-corrected chi connectivity index (χ2v) is 6.79. The maximum Gasteiger partial charge on any atom is 0.0315 e. The van der Waals surface area contributed by atoms with E-state index < -0.39 is 0 Å². The van der Waals surface area contributed by atoms with Gasteiger partial charge in [-0.15, -0.1) is 0 Å². The number of aromatic nitrogens is 1. The summed E-state index contributed by atoms with van der Waals surface area (Å²) >= 11 is 2.07. The first-order valence-corrected chi connectivity index (χ1v) is 7.43.